The summed E-state index contributed by atoms with van der Waals surface area (Å²) in [5, 5.41) is 2.84. The molecule has 1 aliphatic rings. The lowest BCUT2D eigenvalue weighted by Gasteiger charge is -2.36. The standard InChI is InChI=1S/C18H23N3O2/c1-5-19-16(22)13-7-6-11(2)14(8-13)15-12(3)20-17(21-15)18(4)9-23-10-18/h6-8H,5,9-10H2,1-4H3,(H,19,22)(H,20,21). The molecular weight excluding hydrogens is 290 g/mol. The van der Waals surface area contributed by atoms with Crippen molar-refractivity contribution in [2.45, 2.75) is 33.1 Å². The molecule has 0 atom stereocenters. The number of aromatic amines is 1. The van der Waals surface area contributed by atoms with Gasteiger partial charge in [0.2, 0.25) is 0 Å². The van der Waals surface area contributed by atoms with Gasteiger partial charge in [0.1, 0.15) is 5.82 Å². The first-order valence-corrected chi connectivity index (χ1v) is 7.98. The minimum absolute atomic E-state index is 0.0336. The number of hydrogen-bond acceptors (Lipinski definition) is 3. The van der Waals surface area contributed by atoms with Crippen LogP contribution in [0.2, 0.25) is 0 Å². The quantitative estimate of drug-likeness (QED) is 0.912. The number of rotatable bonds is 4. The Kier molecular flexibility index (Phi) is 3.98. The average molecular weight is 313 g/mol. The molecule has 122 valence electrons. The summed E-state index contributed by atoms with van der Waals surface area (Å²) >= 11 is 0. The second-order valence-corrected chi connectivity index (χ2v) is 6.49. The van der Waals surface area contributed by atoms with Crippen LogP contribution in [0.15, 0.2) is 18.2 Å². The Morgan fingerprint density at radius 3 is 2.74 bits per heavy atom. The van der Waals surface area contributed by atoms with Crippen LogP contribution < -0.4 is 5.32 Å². The van der Waals surface area contributed by atoms with Gasteiger partial charge in [-0.2, -0.15) is 0 Å². The molecule has 0 unspecified atom stereocenters. The summed E-state index contributed by atoms with van der Waals surface area (Å²) in [5.41, 5.74) is 4.70. The minimum Gasteiger partial charge on any atom is -0.379 e. The predicted octanol–water partition coefficient (Wildman–Crippen LogP) is 2.73. The third-order valence-electron chi connectivity index (χ3n) is 4.40. The number of nitrogens with one attached hydrogen (secondary N) is 2. The van der Waals surface area contributed by atoms with E-state index in [1.165, 1.54) is 0 Å². The van der Waals surface area contributed by atoms with E-state index in [1.54, 1.807) is 0 Å². The SMILES string of the molecule is CCNC(=O)c1ccc(C)c(-c2[nH]c(C3(C)COC3)nc2C)c1. The molecule has 1 aliphatic heterocycles. The first-order chi connectivity index (χ1) is 10.9. The zero-order chi connectivity index (χ0) is 16.6. The molecule has 1 saturated heterocycles. The maximum Gasteiger partial charge on any atom is 0.251 e. The van der Waals surface area contributed by atoms with Gasteiger partial charge >= 0.3 is 0 Å². The molecule has 1 aromatic heterocycles. The number of nitrogens with zero attached hydrogens (tertiary/aromatic N) is 1. The lowest BCUT2D eigenvalue weighted by Crippen LogP contribution is -2.44. The van der Waals surface area contributed by atoms with Crippen molar-refractivity contribution in [1.29, 1.82) is 0 Å². The number of amides is 1. The van der Waals surface area contributed by atoms with E-state index < -0.39 is 0 Å². The van der Waals surface area contributed by atoms with E-state index in [1.807, 2.05) is 39.0 Å². The second kappa shape index (κ2) is 5.81. The van der Waals surface area contributed by atoms with Gasteiger partial charge in [0, 0.05) is 17.7 Å². The van der Waals surface area contributed by atoms with Crippen LogP contribution in [-0.4, -0.2) is 35.6 Å². The highest BCUT2D eigenvalue weighted by atomic mass is 16.5. The Bertz CT molecular complexity index is 745. The van der Waals surface area contributed by atoms with Gasteiger partial charge < -0.3 is 15.0 Å². The number of hydrogen-bond donors (Lipinski definition) is 2. The van der Waals surface area contributed by atoms with Crippen molar-refractivity contribution < 1.29 is 9.53 Å². The number of aryl methyl sites for hydroxylation is 2. The zero-order valence-corrected chi connectivity index (χ0v) is 14.1. The molecular formula is C18H23N3O2. The van der Waals surface area contributed by atoms with Crippen LogP contribution in [-0.2, 0) is 10.2 Å². The summed E-state index contributed by atoms with van der Waals surface area (Å²) in [5.74, 6) is 0.907. The topological polar surface area (TPSA) is 67.0 Å². The van der Waals surface area contributed by atoms with Crippen LogP contribution in [0.25, 0.3) is 11.3 Å². The van der Waals surface area contributed by atoms with E-state index in [-0.39, 0.29) is 11.3 Å². The number of carbonyl (C=O) groups excluding carboxylic acids is 1. The summed E-state index contributed by atoms with van der Waals surface area (Å²) in [7, 11) is 0. The van der Waals surface area contributed by atoms with Gasteiger partial charge in [0.15, 0.2) is 0 Å². The number of ether oxygens (including phenoxy) is 1. The minimum atomic E-state index is -0.0505. The van der Waals surface area contributed by atoms with Gasteiger partial charge in [-0.15, -0.1) is 0 Å². The molecule has 0 spiro atoms. The normalized spacial score (nSPS) is 16.0. The molecule has 2 heterocycles. The molecule has 5 heteroatoms. The van der Waals surface area contributed by atoms with Crippen molar-refractivity contribution in [2.75, 3.05) is 19.8 Å². The van der Waals surface area contributed by atoms with E-state index in [9.17, 15) is 4.79 Å². The maximum absolute atomic E-state index is 12.1. The third kappa shape index (κ3) is 2.77. The molecule has 0 bridgehead atoms. The Morgan fingerprint density at radius 1 is 1.39 bits per heavy atom. The largest absolute Gasteiger partial charge is 0.379 e. The Hall–Kier alpha value is -2.14. The summed E-state index contributed by atoms with van der Waals surface area (Å²) in [6.07, 6.45) is 0. The highest BCUT2D eigenvalue weighted by molar-refractivity contribution is 5.95. The second-order valence-electron chi connectivity index (χ2n) is 6.49. The van der Waals surface area contributed by atoms with E-state index in [2.05, 4.69) is 17.2 Å². The molecule has 3 rings (SSSR count). The third-order valence-corrected chi connectivity index (χ3v) is 4.40. The van der Waals surface area contributed by atoms with Crippen LogP contribution in [0.3, 0.4) is 0 Å². The summed E-state index contributed by atoms with van der Waals surface area (Å²) < 4.78 is 5.34. The first kappa shape index (κ1) is 15.7. The van der Waals surface area contributed by atoms with Crippen molar-refractivity contribution in [1.82, 2.24) is 15.3 Å². The number of carbonyl (C=O) groups is 1. The number of benzene rings is 1. The predicted molar refractivity (Wildman–Crippen MR) is 89.7 cm³/mol. The lowest BCUT2D eigenvalue weighted by atomic mass is 9.88. The first-order valence-electron chi connectivity index (χ1n) is 7.98. The van der Waals surface area contributed by atoms with E-state index in [0.29, 0.717) is 25.3 Å². The van der Waals surface area contributed by atoms with Crippen molar-refractivity contribution in [3.05, 3.63) is 40.8 Å². The van der Waals surface area contributed by atoms with Gasteiger partial charge in [0.25, 0.3) is 5.91 Å². The summed E-state index contributed by atoms with van der Waals surface area (Å²) in [4.78, 5) is 20.2. The van der Waals surface area contributed by atoms with Gasteiger partial charge in [-0.25, -0.2) is 4.98 Å². The van der Waals surface area contributed by atoms with E-state index in [0.717, 1.165) is 28.3 Å². The molecule has 0 saturated carbocycles. The van der Waals surface area contributed by atoms with E-state index in [4.69, 9.17) is 9.72 Å². The van der Waals surface area contributed by atoms with Crippen LogP contribution in [0.1, 0.15) is 41.3 Å². The number of imidazole rings is 1. The molecule has 0 aliphatic carbocycles. The molecule has 5 nitrogen and oxygen atoms in total. The van der Waals surface area contributed by atoms with Gasteiger partial charge in [0.05, 0.1) is 30.0 Å². The van der Waals surface area contributed by atoms with Crippen molar-refractivity contribution in [2.24, 2.45) is 0 Å². The van der Waals surface area contributed by atoms with Crippen molar-refractivity contribution in [3.63, 3.8) is 0 Å². The van der Waals surface area contributed by atoms with Crippen molar-refractivity contribution >= 4 is 5.91 Å². The van der Waals surface area contributed by atoms with Gasteiger partial charge in [-0.05, 0) is 45.4 Å². The van der Waals surface area contributed by atoms with Crippen LogP contribution in [0, 0.1) is 13.8 Å². The smallest absolute Gasteiger partial charge is 0.251 e. The van der Waals surface area contributed by atoms with Crippen LogP contribution in [0.5, 0.6) is 0 Å². The molecule has 2 N–H and O–H groups in total. The zero-order valence-electron chi connectivity index (χ0n) is 14.1. The molecule has 1 aromatic carbocycles. The molecule has 1 fully saturated rings. The van der Waals surface area contributed by atoms with E-state index >= 15 is 0 Å². The number of H-pyrrole nitrogens is 1. The Labute approximate surface area is 136 Å². The van der Waals surface area contributed by atoms with Crippen molar-refractivity contribution in [3.8, 4) is 11.3 Å². The van der Waals surface area contributed by atoms with Gasteiger partial charge in [-0.1, -0.05) is 6.07 Å². The molecule has 23 heavy (non-hydrogen) atoms. The monoisotopic (exact) mass is 313 g/mol. The fraction of sp³-hybridized carbons (Fsp3) is 0.444. The molecule has 2 aromatic rings. The fourth-order valence-corrected chi connectivity index (χ4v) is 2.85. The molecule has 0 radical (unpaired) electrons. The number of aromatic nitrogens is 2. The Balaban J connectivity index is 2.01. The molecule has 1 amide bonds. The highest BCUT2D eigenvalue weighted by Gasteiger charge is 2.38. The highest BCUT2D eigenvalue weighted by Crippen LogP contribution is 2.33. The average Bonchev–Trinajstić information content (AvgIpc) is 2.87. The summed E-state index contributed by atoms with van der Waals surface area (Å²) in [6, 6.07) is 5.77. The van der Waals surface area contributed by atoms with Crippen LogP contribution >= 0.6 is 0 Å². The van der Waals surface area contributed by atoms with Crippen LogP contribution in [0.4, 0.5) is 0 Å². The summed E-state index contributed by atoms with van der Waals surface area (Å²) in [6.45, 7) is 10.1. The van der Waals surface area contributed by atoms with Gasteiger partial charge in [-0.3, -0.25) is 4.79 Å². The fourth-order valence-electron chi connectivity index (χ4n) is 2.85. The Morgan fingerprint density at radius 2 is 2.13 bits per heavy atom. The maximum atomic E-state index is 12.1. The lowest BCUT2D eigenvalue weighted by molar-refractivity contribution is -0.0539.